The van der Waals surface area contributed by atoms with Gasteiger partial charge in [-0.3, -0.25) is 9.69 Å². The van der Waals surface area contributed by atoms with E-state index in [0.29, 0.717) is 28.2 Å². The van der Waals surface area contributed by atoms with Crippen LogP contribution in [0.3, 0.4) is 0 Å². The first-order valence-electron chi connectivity index (χ1n) is 13.1. The number of thioether (sulfide) groups is 1. The molecule has 0 aromatic heterocycles. The number of aliphatic imine (C=N–C) groups is 1. The number of nitrogens with zero attached hydrogens (tertiary/aromatic N) is 2. The topological polar surface area (TPSA) is 51.1 Å². The largest absolute Gasteiger partial charge is 0.490 e. The van der Waals surface area contributed by atoms with E-state index in [-0.39, 0.29) is 18.3 Å². The number of hydrogen-bond donors (Lipinski definition) is 0. The van der Waals surface area contributed by atoms with Crippen molar-refractivity contribution in [2.75, 3.05) is 11.5 Å². The van der Waals surface area contributed by atoms with E-state index >= 15 is 0 Å². The maximum atomic E-state index is 13.8. The third-order valence-electron chi connectivity index (χ3n) is 6.26. The zero-order valence-electron chi connectivity index (χ0n) is 22.9. The Morgan fingerprint density at radius 2 is 1.66 bits per heavy atom. The van der Waals surface area contributed by atoms with Crippen LogP contribution in [0.15, 0.2) is 94.8 Å². The van der Waals surface area contributed by atoms with Gasteiger partial charge in [0.15, 0.2) is 16.7 Å². The number of anilines is 1. The molecule has 1 aliphatic rings. The van der Waals surface area contributed by atoms with Gasteiger partial charge in [0.2, 0.25) is 0 Å². The van der Waals surface area contributed by atoms with Gasteiger partial charge in [0, 0.05) is 0 Å². The predicted octanol–water partition coefficient (Wildman–Crippen LogP) is 8.83. The molecule has 208 valence electrons. The van der Waals surface area contributed by atoms with E-state index in [9.17, 15) is 9.18 Å². The van der Waals surface area contributed by atoms with Gasteiger partial charge in [-0.05, 0) is 121 Å². The third kappa shape index (κ3) is 7.00. The average Bonchev–Trinajstić information content (AvgIpc) is 3.24. The molecule has 0 atom stereocenters. The van der Waals surface area contributed by atoms with Crippen molar-refractivity contribution >= 4 is 62.9 Å². The molecular formula is C33H28FIN2O3S. The summed E-state index contributed by atoms with van der Waals surface area (Å²) >= 11 is 3.53. The summed E-state index contributed by atoms with van der Waals surface area (Å²) in [6.07, 6.45) is 1.85. The van der Waals surface area contributed by atoms with Crippen LogP contribution in [0.4, 0.5) is 15.8 Å². The molecule has 4 aromatic carbocycles. The molecule has 0 spiro atoms. The van der Waals surface area contributed by atoms with E-state index < -0.39 is 0 Å². The zero-order chi connectivity index (χ0) is 28.9. The van der Waals surface area contributed by atoms with Crippen LogP contribution >= 0.6 is 34.4 Å². The van der Waals surface area contributed by atoms with Gasteiger partial charge in [-0.1, -0.05) is 47.5 Å². The van der Waals surface area contributed by atoms with Crippen molar-refractivity contribution in [3.63, 3.8) is 0 Å². The van der Waals surface area contributed by atoms with Crippen molar-refractivity contribution < 1.29 is 18.7 Å². The number of hydrogen-bond acceptors (Lipinski definition) is 5. The van der Waals surface area contributed by atoms with Crippen molar-refractivity contribution in [2.24, 2.45) is 4.99 Å². The third-order valence-corrected chi connectivity index (χ3v) is 8.03. The first kappa shape index (κ1) is 28.9. The Labute approximate surface area is 257 Å². The van der Waals surface area contributed by atoms with Crippen molar-refractivity contribution in [1.29, 1.82) is 0 Å². The van der Waals surface area contributed by atoms with E-state index in [4.69, 9.17) is 14.5 Å². The van der Waals surface area contributed by atoms with Gasteiger partial charge in [-0.15, -0.1) is 0 Å². The Morgan fingerprint density at radius 3 is 2.34 bits per heavy atom. The molecule has 5 rings (SSSR count). The van der Waals surface area contributed by atoms with Gasteiger partial charge in [0.25, 0.3) is 5.91 Å². The fraction of sp³-hybridized carbons (Fsp3) is 0.152. The number of amidine groups is 1. The first-order chi connectivity index (χ1) is 19.8. The van der Waals surface area contributed by atoms with E-state index in [1.807, 2.05) is 93.6 Å². The van der Waals surface area contributed by atoms with Crippen LogP contribution in [0.2, 0.25) is 0 Å². The van der Waals surface area contributed by atoms with E-state index in [0.717, 1.165) is 37.2 Å². The van der Waals surface area contributed by atoms with Crippen LogP contribution in [0, 0.1) is 23.2 Å². The lowest BCUT2D eigenvalue weighted by atomic mass is 10.1. The molecule has 0 radical (unpaired) electrons. The van der Waals surface area contributed by atoms with Crippen LogP contribution in [-0.4, -0.2) is 17.7 Å². The Morgan fingerprint density at radius 1 is 0.951 bits per heavy atom. The number of halogens is 2. The Kier molecular flexibility index (Phi) is 9.09. The summed E-state index contributed by atoms with van der Waals surface area (Å²) in [5, 5.41) is 0.587. The zero-order valence-corrected chi connectivity index (χ0v) is 25.8. The highest BCUT2D eigenvalue weighted by Gasteiger charge is 2.35. The number of aryl methyl sites for hydroxylation is 2. The molecule has 0 unspecified atom stereocenters. The van der Waals surface area contributed by atoms with Crippen LogP contribution in [0.5, 0.6) is 11.5 Å². The predicted molar refractivity (Wildman–Crippen MR) is 174 cm³/mol. The monoisotopic (exact) mass is 678 g/mol. The maximum Gasteiger partial charge on any atom is 0.271 e. The summed E-state index contributed by atoms with van der Waals surface area (Å²) in [7, 11) is 0. The van der Waals surface area contributed by atoms with Gasteiger partial charge in [0.1, 0.15) is 12.4 Å². The minimum atomic E-state index is -0.309. The molecule has 1 amide bonds. The summed E-state index contributed by atoms with van der Waals surface area (Å²) in [5.41, 5.74) is 5.30. The summed E-state index contributed by atoms with van der Waals surface area (Å²) < 4.78 is 26.4. The molecule has 1 heterocycles. The second-order valence-corrected chi connectivity index (χ2v) is 11.7. The number of ether oxygens (including phenoxy) is 2. The fourth-order valence-electron chi connectivity index (χ4n) is 4.21. The summed E-state index contributed by atoms with van der Waals surface area (Å²) in [6, 6.07) is 25.9. The minimum absolute atomic E-state index is 0.149. The maximum absolute atomic E-state index is 13.8. The van der Waals surface area contributed by atoms with E-state index in [1.54, 1.807) is 11.0 Å². The molecule has 8 heteroatoms. The number of amides is 1. The average molecular weight is 679 g/mol. The lowest BCUT2D eigenvalue weighted by molar-refractivity contribution is -0.113. The lowest BCUT2D eigenvalue weighted by Crippen LogP contribution is -2.28. The molecule has 5 nitrogen and oxygen atoms in total. The molecule has 1 aliphatic heterocycles. The van der Waals surface area contributed by atoms with Crippen LogP contribution < -0.4 is 14.4 Å². The standard InChI is InChI=1S/C33H28FIN2O3S/c1-4-39-29-18-24(17-28(35)31(29)40-20-23-6-5-7-25(34)16-23)19-30-32(38)37(27-14-10-22(3)11-15-27)33(41-30)36-26-12-8-21(2)9-13-26/h5-19H,4,20H2,1-3H3/b30-19-,36-33?. The Bertz CT molecular complexity index is 1640. The smallest absolute Gasteiger partial charge is 0.271 e. The van der Waals surface area contributed by atoms with Crippen molar-refractivity contribution in [2.45, 2.75) is 27.4 Å². The summed E-state index contributed by atoms with van der Waals surface area (Å²) in [4.78, 5) is 20.8. The van der Waals surface area contributed by atoms with Gasteiger partial charge in [-0.2, -0.15) is 0 Å². The lowest BCUT2D eigenvalue weighted by Gasteiger charge is -2.16. The van der Waals surface area contributed by atoms with Gasteiger partial charge in [-0.25, -0.2) is 9.38 Å². The molecule has 4 aromatic rings. The highest BCUT2D eigenvalue weighted by molar-refractivity contribution is 14.1. The van der Waals surface area contributed by atoms with E-state index in [2.05, 4.69) is 22.6 Å². The van der Waals surface area contributed by atoms with Crippen molar-refractivity contribution in [3.05, 3.63) is 121 Å². The second-order valence-electron chi connectivity index (χ2n) is 9.50. The molecule has 1 fully saturated rings. The minimum Gasteiger partial charge on any atom is -0.490 e. The second kappa shape index (κ2) is 12.9. The molecule has 0 aliphatic carbocycles. The fourth-order valence-corrected chi connectivity index (χ4v) is 5.99. The van der Waals surface area contributed by atoms with Crippen LogP contribution in [-0.2, 0) is 11.4 Å². The molecular weight excluding hydrogens is 650 g/mol. The van der Waals surface area contributed by atoms with Gasteiger partial charge >= 0.3 is 0 Å². The normalized spacial score (nSPS) is 15.1. The van der Waals surface area contributed by atoms with Crippen molar-refractivity contribution in [1.82, 2.24) is 0 Å². The van der Waals surface area contributed by atoms with Crippen LogP contribution in [0.25, 0.3) is 6.08 Å². The molecule has 1 saturated heterocycles. The first-order valence-corrected chi connectivity index (χ1v) is 15.0. The molecule has 0 bridgehead atoms. The highest BCUT2D eigenvalue weighted by Crippen LogP contribution is 2.40. The number of benzene rings is 4. The molecule has 0 saturated carbocycles. The van der Waals surface area contributed by atoms with E-state index in [1.165, 1.54) is 23.9 Å². The summed E-state index contributed by atoms with van der Waals surface area (Å²) in [6.45, 7) is 6.58. The Balaban J connectivity index is 1.48. The van der Waals surface area contributed by atoms with Crippen LogP contribution in [0.1, 0.15) is 29.2 Å². The number of carbonyl (C=O) groups is 1. The van der Waals surface area contributed by atoms with Gasteiger partial charge in [0.05, 0.1) is 26.5 Å². The number of rotatable bonds is 8. The van der Waals surface area contributed by atoms with Crippen molar-refractivity contribution in [3.8, 4) is 11.5 Å². The summed E-state index contributed by atoms with van der Waals surface area (Å²) in [5.74, 6) is 0.676. The SMILES string of the molecule is CCOc1cc(/C=C2\SC(=Nc3ccc(C)cc3)N(c3ccc(C)cc3)C2=O)cc(I)c1OCc1cccc(F)c1. The molecule has 41 heavy (non-hydrogen) atoms. The Hall–Kier alpha value is -3.63. The highest BCUT2D eigenvalue weighted by atomic mass is 127. The van der Waals surface area contributed by atoms with Gasteiger partial charge < -0.3 is 9.47 Å². The number of carbonyl (C=O) groups excluding carboxylic acids is 1. The quantitative estimate of drug-likeness (QED) is 0.138. The molecule has 0 N–H and O–H groups in total.